The molecule has 0 aliphatic rings. The number of rotatable bonds is 3. The normalized spacial score (nSPS) is 10.6. The number of nitrogens with two attached hydrogens (primary N) is 1. The Kier molecular flexibility index (Phi) is 3.46. The molecule has 4 nitrogen and oxygen atoms in total. The SMILES string of the molecule is CCCn1nc(-c2ccc(C)c(N)c2)ccc1=O. The van der Waals surface area contributed by atoms with Gasteiger partial charge in [0.1, 0.15) is 0 Å². The van der Waals surface area contributed by atoms with E-state index in [1.165, 1.54) is 4.68 Å². The molecule has 0 aliphatic carbocycles. The van der Waals surface area contributed by atoms with E-state index in [4.69, 9.17) is 5.73 Å². The number of anilines is 1. The lowest BCUT2D eigenvalue weighted by Crippen LogP contribution is -2.21. The van der Waals surface area contributed by atoms with E-state index in [1.807, 2.05) is 32.0 Å². The molecule has 0 amide bonds. The first-order chi connectivity index (χ1) is 8.61. The average molecular weight is 243 g/mol. The summed E-state index contributed by atoms with van der Waals surface area (Å²) in [4.78, 5) is 11.6. The Morgan fingerprint density at radius 3 is 2.72 bits per heavy atom. The zero-order valence-corrected chi connectivity index (χ0v) is 10.7. The number of nitrogen functional groups attached to an aromatic ring is 1. The Morgan fingerprint density at radius 2 is 2.06 bits per heavy atom. The van der Waals surface area contributed by atoms with Crippen LogP contribution in [0.2, 0.25) is 0 Å². The molecule has 18 heavy (non-hydrogen) atoms. The highest BCUT2D eigenvalue weighted by Gasteiger charge is 2.04. The number of hydrogen-bond acceptors (Lipinski definition) is 3. The minimum Gasteiger partial charge on any atom is -0.398 e. The van der Waals surface area contributed by atoms with E-state index >= 15 is 0 Å². The molecule has 94 valence electrons. The van der Waals surface area contributed by atoms with Crippen LogP contribution < -0.4 is 11.3 Å². The molecule has 1 heterocycles. The summed E-state index contributed by atoms with van der Waals surface area (Å²) in [5.41, 5.74) is 9.31. The molecule has 0 atom stereocenters. The molecule has 2 N–H and O–H groups in total. The maximum absolute atomic E-state index is 11.6. The molecule has 0 spiro atoms. The Bertz CT molecular complexity index is 617. The highest BCUT2D eigenvalue weighted by atomic mass is 16.1. The zero-order chi connectivity index (χ0) is 13.1. The average Bonchev–Trinajstić information content (AvgIpc) is 2.36. The first-order valence-electron chi connectivity index (χ1n) is 6.06. The highest BCUT2D eigenvalue weighted by molar-refractivity contribution is 5.65. The summed E-state index contributed by atoms with van der Waals surface area (Å²) in [6.45, 7) is 4.61. The second kappa shape index (κ2) is 5.04. The van der Waals surface area contributed by atoms with Gasteiger partial charge in [-0.2, -0.15) is 5.10 Å². The van der Waals surface area contributed by atoms with Gasteiger partial charge < -0.3 is 5.73 Å². The minimum absolute atomic E-state index is 0.0688. The van der Waals surface area contributed by atoms with Crippen LogP contribution in [0.5, 0.6) is 0 Å². The van der Waals surface area contributed by atoms with Gasteiger partial charge in [-0.15, -0.1) is 0 Å². The van der Waals surface area contributed by atoms with Crippen molar-refractivity contribution in [2.75, 3.05) is 5.73 Å². The van der Waals surface area contributed by atoms with Crippen LogP contribution in [-0.4, -0.2) is 9.78 Å². The van der Waals surface area contributed by atoms with E-state index in [0.29, 0.717) is 6.54 Å². The fourth-order valence-electron chi connectivity index (χ4n) is 1.77. The summed E-state index contributed by atoms with van der Waals surface area (Å²) in [7, 11) is 0. The van der Waals surface area contributed by atoms with Gasteiger partial charge >= 0.3 is 0 Å². The monoisotopic (exact) mass is 243 g/mol. The number of benzene rings is 1. The quantitative estimate of drug-likeness (QED) is 0.841. The van der Waals surface area contributed by atoms with Crippen molar-refractivity contribution in [1.82, 2.24) is 9.78 Å². The highest BCUT2D eigenvalue weighted by Crippen LogP contribution is 2.21. The molecular weight excluding hydrogens is 226 g/mol. The molecular formula is C14H17N3O. The summed E-state index contributed by atoms with van der Waals surface area (Å²) < 4.78 is 1.49. The van der Waals surface area contributed by atoms with Crippen LogP contribution in [0.1, 0.15) is 18.9 Å². The van der Waals surface area contributed by atoms with Gasteiger partial charge in [-0.05, 0) is 31.0 Å². The van der Waals surface area contributed by atoms with Crippen LogP contribution in [0.25, 0.3) is 11.3 Å². The first kappa shape index (κ1) is 12.4. The van der Waals surface area contributed by atoms with Gasteiger partial charge in [-0.1, -0.05) is 19.1 Å². The van der Waals surface area contributed by atoms with E-state index in [0.717, 1.165) is 28.9 Å². The summed E-state index contributed by atoms with van der Waals surface area (Å²) in [5, 5.41) is 4.35. The van der Waals surface area contributed by atoms with Gasteiger partial charge in [-0.25, -0.2) is 4.68 Å². The Labute approximate surface area is 106 Å². The number of aryl methyl sites for hydroxylation is 2. The summed E-state index contributed by atoms with van der Waals surface area (Å²) in [6, 6.07) is 9.10. The fourth-order valence-corrected chi connectivity index (χ4v) is 1.77. The van der Waals surface area contributed by atoms with Crippen LogP contribution in [0.3, 0.4) is 0 Å². The van der Waals surface area contributed by atoms with E-state index in [1.54, 1.807) is 12.1 Å². The van der Waals surface area contributed by atoms with Crippen molar-refractivity contribution < 1.29 is 0 Å². The van der Waals surface area contributed by atoms with Crippen LogP contribution in [0, 0.1) is 6.92 Å². The van der Waals surface area contributed by atoms with Crippen molar-refractivity contribution in [2.24, 2.45) is 0 Å². The van der Waals surface area contributed by atoms with E-state index in [-0.39, 0.29) is 5.56 Å². The summed E-state index contributed by atoms with van der Waals surface area (Å²) >= 11 is 0. The van der Waals surface area contributed by atoms with Gasteiger partial charge in [0.25, 0.3) is 5.56 Å². The van der Waals surface area contributed by atoms with Gasteiger partial charge in [0.05, 0.1) is 5.69 Å². The fraction of sp³-hybridized carbons (Fsp3) is 0.286. The van der Waals surface area contributed by atoms with Crippen molar-refractivity contribution in [3.05, 3.63) is 46.2 Å². The lowest BCUT2D eigenvalue weighted by molar-refractivity contribution is 0.570. The van der Waals surface area contributed by atoms with Crippen molar-refractivity contribution >= 4 is 5.69 Å². The van der Waals surface area contributed by atoms with E-state index < -0.39 is 0 Å². The maximum atomic E-state index is 11.6. The Hall–Kier alpha value is -2.10. The molecule has 0 fully saturated rings. The molecule has 2 aromatic rings. The van der Waals surface area contributed by atoms with Crippen molar-refractivity contribution in [2.45, 2.75) is 26.8 Å². The van der Waals surface area contributed by atoms with Crippen LogP contribution in [0.4, 0.5) is 5.69 Å². The van der Waals surface area contributed by atoms with Crippen LogP contribution >= 0.6 is 0 Å². The van der Waals surface area contributed by atoms with Gasteiger partial charge in [0.15, 0.2) is 0 Å². The Morgan fingerprint density at radius 1 is 1.28 bits per heavy atom. The molecule has 2 rings (SSSR count). The van der Waals surface area contributed by atoms with Gasteiger partial charge in [0.2, 0.25) is 0 Å². The van der Waals surface area contributed by atoms with Crippen LogP contribution in [0.15, 0.2) is 35.1 Å². The molecule has 0 aliphatic heterocycles. The molecule has 4 heteroatoms. The number of hydrogen-bond donors (Lipinski definition) is 1. The topological polar surface area (TPSA) is 60.9 Å². The van der Waals surface area contributed by atoms with Gasteiger partial charge in [-0.3, -0.25) is 4.79 Å². The van der Waals surface area contributed by atoms with Gasteiger partial charge in [0, 0.05) is 23.9 Å². The third-order valence-corrected chi connectivity index (χ3v) is 2.88. The van der Waals surface area contributed by atoms with E-state index in [9.17, 15) is 4.79 Å². The molecule has 0 saturated carbocycles. The summed E-state index contributed by atoms with van der Waals surface area (Å²) in [5.74, 6) is 0. The van der Waals surface area contributed by atoms with Crippen LogP contribution in [-0.2, 0) is 6.54 Å². The predicted molar refractivity (Wildman–Crippen MR) is 73.4 cm³/mol. The van der Waals surface area contributed by atoms with Crippen molar-refractivity contribution in [3.63, 3.8) is 0 Å². The number of aromatic nitrogens is 2. The molecule has 0 bridgehead atoms. The minimum atomic E-state index is -0.0688. The molecule has 1 aromatic heterocycles. The second-order valence-electron chi connectivity index (χ2n) is 4.35. The van der Waals surface area contributed by atoms with E-state index in [2.05, 4.69) is 5.10 Å². The molecule has 1 aromatic carbocycles. The molecule has 0 radical (unpaired) electrons. The second-order valence-corrected chi connectivity index (χ2v) is 4.35. The summed E-state index contributed by atoms with van der Waals surface area (Å²) in [6.07, 6.45) is 0.881. The maximum Gasteiger partial charge on any atom is 0.266 e. The molecule has 0 unspecified atom stereocenters. The predicted octanol–water partition coefficient (Wildman–Crippen LogP) is 2.21. The molecule has 0 saturated heterocycles. The third kappa shape index (κ3) is 2.42. The largest absolute Gasteiger partial charge is 0.398 e. The van der Waals surface area contributed by atoms with Crippen molar-refractivity contribution in [3.8, 4) is 11.3 Å². The lowest BCUT2D eigenvalue weighted by Gasteiger charge is -2.07. The Balaban J connectivity index is 2.47. The smallest absolute Gasteiger partial charge is 0.266 e. The third-order valence-electron chi connectivity index (χ3n) is 2.88. The zero-order valence-electron chi connectivity index (χ0n) is 10.7. The first-order valence-corrected chi connectivity index (χ1v) is 6.06. The number of nitrogens with zero attached hydrogens (tertiary/aromatic N) is 2. The standard InChI is InChI=1S/C14H17N3O/c1-3-8-17-14(18)7-6-13(16-17)11-5-4-10(2)12(15)9-11/h4-7,9H,3,8,15H2,1-2H3. The van der Waals surface area contributed by atoms with Crippen molar-refractivity contribution in [1.29, 1.82) is 0 Å². The lowest BCUT2D eigenvalue weighted by atomic mass is 10.1.